The maximum absolute atomic E-state index is 15.2. The monoisotopic (exact) mass is 695 g/mol. The number of carbonyl (C=O) groups excluding carboxylic acids is 3. The van der Waals surface area contributed by atoms with Crippen LogP contribution in [0.25, 0.3) is 22.3 Å². The summed E-state index contributed by atoms with van der Waals surface area (Å²) in [4.78, 5) is 57.4. The number of nitrogens with zero attached hydrogens (tertiary/aromatic N) is 2. The van der Waals surface area contributed by atoms with Gasteiger partial charge in [0.15, 0.2) is 5.60 Å². The van der Waals surface area contributed by atoms with Crippen LogP contribution in [-0.2, 0) is 44.2 Å². The minimum Gasteiger partial charge on any atom is -0.458 e. The topological polar surface area (TPSA) is 137 Å². The van der Waals surface area contributed by atoms with Gasteiger partial charge in [-0.05, 0) is 79.0 Å². The third kappa shape index (κ3) is 5.24. The summed E-state index contributed by atoms with van der Waals surface area (Å²) in [6, 6.07) is 2.51. The van der Waals surface area contributed by atoms with Gasteiger partial charge in [-0.3, -0.25) is 9.59 Å². The highest BCUT2D eigenvalue weighted by molar-refractivity contribution is 8.82. The molecule has 254 valence electrons. The standard InChI is InChI=1S/C35H38FN3O7S2/c1-6-35(44)20-12-24-29-18(14-39(24)30(40)19(20)15-45-31(35)41)28-22(11-10-17-16(2)21(36)13-23(37-29)27(17)28)38-33(43)46-25-8-7-9-26(25)47-48-32(42)34(3,4)5/h12-13,22,25-26,44H,6-11,14-15H2,1-5H3,(H,38,43)/t22-,25-,26-,35-/m0/s1. The number of hydrogen-bond acceptors (Lipinski definition) is 10. The predicted molar refractivity (Wildman–Crippen MR) is 181 cm³/mol. The number of pyridine rings is 2. The van der Waals surface area contributed by atoms with Crippen LogP contribution in [0.4, 0.5) is 9.18 Å². The molecule has 1 fully saturated rings. The van der Waals surface area contributed by atoms with Crippen molar-refractivity contribution in [3.05, 3.63) is 61.7 Å². The Morgan fingerprint density at radius 2 is 1.96 bits per heavy atom. The van der Waals surface area contributed by atoms with Crippen LogP contribution >= 0.6 is 21.6 Å². The number of aryl methyl sites for hydroxylation is 1. The van der Waals surface area contributed by atoms with Gasteiger partial charge >= 0.3 is 12.1 Å². The molecule has 0 saturated heterocycles. The van der Waals surface area contributed by atoms with Gasteiger partial charge in [-0.25, -0.2) is 19.0 Å². The van der Waals surface area contributed by atoms with Crippen LogP contribution in [0.5, 0.6) is 0 Å². The molecule has 2 N–H and O–H groups in total. The highest BCUT2D eigenvalue weighted by atomic mass is 33.1. The van der Waals surface area contributed by atoms with E-state index in [0.29, 0.717) is 41.7 Å². The third-order valence-electron chi connectivity index (χ3n) is 10.2. The van der Waals surface area contributed by atoms with Gasteiger partial charge in [0.2, 0.25) is 5.12 Å². The maximum Gasteiger partial charge on any atom is 0.407 e. The Kier molecular flexibility index (Phi) is 8.19. The minimum atomic E-state index is -1.98. The van der Waals surface area contributed by atoms with E-state index in [9.17, 15) is 24.3 Å². The molecule has 10 nitrogen and oxygen atoms in total. The van der Waals surface area contributed by atoms with E-state index < -0.39 is 40.5 Å². The fraction of sp³-hybridized carbons (Fsp3) is 0.514. The van der Waals surface area contributed by atoms with Gasteiger partial charge in [-0.2, -0.15) is 0 Å². The number of esters is 1. The lowest BCUT2D eigenvalue weighted by atomic mass is 9.81. The highest BCUT2D eigenvalue weighted by Gasteiger charge is 2.46. The molecule has 4 aliphatic rings. The number of aliphatic hydroxyl groups is 1. The Hall–Kier alpha value is -3.42. The summed E-state index contributed by atoms with van der Waals surface area (Å²) in [5.74, 6) is -1.20. The molecule has 13 heteroatoms. The van der Waals surface area contributed by atoms with E-state index in [1.54, 1.807) is 24.5 Å². The van der Waals surface area contributed by atoms with E-state index in [2.05, 4.69) is 5.32 Å². The van der Waals surface area contributed by atoms with Crippen molar-refractivity contribution in [2.75, 3.05) is 0 Å². The Balaban J connectivity index is 1.25. The van der Waals surface area contributed by atoms with E-state index in [-0.39, 0.29) is 47.2 Å². The second kappa shape index (κ2) is 11.9. The van der Waals surface area contributed by atoms with Gasteiger partial charge in [-0.1, -0.05) is 38.5 Å². The lowest BCUT2D eigenvalue weighted by Crippen LogP contribution is -2.44. The molecule has 48 heavy (non-hydrogen) atoms. The van der Waals surface area contributed by atoms with Gasteiger partial charge in [-0.15, -0.1) is 0 Å². The van der Waals surface area contributed by atoms with E-state index in [1.807, 2.05) is 20.8 Å². The van der Waals surface area contributed by atoms with Crippen molar-refractivity contribution in [3.63, 3.8) is 0 Å². The normalized spacial score (nSPS) is 24.1. The molecule has 2 aliphatic carbocycles. The molecule has 0 spiro atoms. The van der Waals surface area contributed by atoms with Crippen molar-refractivity contribution < 1.29 is 33.4 Å². The maximum atomic E-state index is 15.2. The van der Waals surface area contributed by atoms with Crippen molar-refractivity contribution in [2.24, 2.45) is 5.41 Å². The van der Waals surface area contributed by atoms with E-state index in [1.165, 1.54) is 27.7 Å². The Morgan fingerprint density at radius 3 is 2.69 bits per heavy atom. The summed E-state index contributed by atoms with van der Waals surface area (Å²) < 4.78 is 28.0. The number of nitrogens with one attached hydrogen (secondary N) is 1. The van der Waals surface area contributed by atoms with Gasteiger partial charge in [0.1, 0.15) is 18.5 Å². The SMILES string of the molecule is CC[C@@]1(O)C(=O)OCc2c1cc1n(c2=O)Cc2c-1nc1cc(F)c(C)c3c1c2[C@@H](NC(=O)O[C@H]1CCC[C@@H]1SSC(=O)C(C)(C)C)CC3. The van der Waals surface area contributed by atoms with E-state index in [4.69, 9.17) is 14.5 Å². The first kappa shape index (κ1) is 33.1. The first-order chi connectivity index (χ1) is 22.7. The number of carbonyl (C=O) groups is 3. The molecule has 1 amide bonds. The first-order valence-corrected chi connectivity index (χ1v) is 18.6. The molecule has 1 saturated carbocycles. The summed E-state index contributed by atoms with van der Waals surface area (Å²) in [6.45, 7) is 8.93. The Bertz CT molecular complexity index is 1970. The molecule has 1 aromatic carbocycles. The van der Waals surface area contributed by atoms with Gasteiger partial charge in [0.25, 0.3) is 5.56 Å². The molecule has 2 aliphatic heterocycles. The molecule has 2 aromatic heterocycles. The van der Waals surface area contributed by atoms with Crippen molar-refractivity contribution in [2.45, 2.75) is 109 Å². The minimum absolute atomic E-state index is 0.00771. The van der Waals surface area contributed by atoms with E-state index in [0.717, 1.165) is 34.9 Å². The molecule has 4 heterocycles. The number of rotatable bonds is 5. The zero-order chi connectivity index (χ0) is 34.3. The molecule has 4 atom stereocenters. The number of ether oxygens (including phenoxy) is 2. The quantitative estimate of drug-likeness (QED) is 0.186. The largest absolute Gasteiger partial charge is 0.458 e. The fourth-order valence-corrected chi connectivity index (χ4v) is 10.5. The highest BCUT2D eigenvalue weighted by Crippen LogP contribution is 2.46. The number of cyclic esters (lactones) is 1. The van der Waals surface area contributed by atoms with Crippen molar-refractivity contribution in [1.82, 2.24) is 14.9 Å². The fourth-order valence-electron chi connectivity index (χ4n) is 7.38. The zero-order valence-corrected chi connectivity index (χ0v) is 29.2. The van der Waals surface area contributed by atoms with Crippen molar-refractivity contribution in [1.29, 1.82) is 0 Å². The van der Waals surface area contributed by atoms with E-state index >= 15 is 4.39 Å². The average molecular weight is 696 g/mol. The lowest BCUT2D eigenvalue weighted by Gasteiger charge is -2.31. The van der Waals surface area contributed by atoms with Gasteiger partial charge in [0, 0.05) is 28.0 Å². The van der Waals surface area contributed by atoms with Crippen LogP contribution in [0, 0.1) is 18.2 Å². The van der Waals surface area contributed by atoms with Gasteiger partial charge in [0.05, 0.1) is 40.3 Å². The predicted octanol–water partition coefficient (Wildman–Crippen LogP) is 6.12. The van der Waals surface area contributed by atoms with Gasteiger partial charge < -0.3 is 24.5 Å². The first-order valence-electron chi connectivity index (χ1n) is 16.4. The molecular weight excluding hydrogens is 658 g/mol. The zero-order valence-electron chi connectivity index (χ0n) is 27.5. The number of amides is 1. The number of halogens is 1. The molecule has 0 radical (unpaired) electrons. The summed E-state index contributed by atoms with van der Waals surface area (Å²) in [7, 11) is 2.68. The molecule has 7 rings (SSSR count). The molecule has 0 bridgehead atoms. The summed E-state index contributed by atoms with van der Waals surface area (Å²) >= 11 is 0. The van der Waals surface area contributed by atoms with Crippen LogP contribution in [0.15, 0.2) is 16.9 Å². The number of fused-ring (bicyclic) bond motifs is 5. The number of benzene rings is 1. The summed E-state index contributed by atoms with van der Waals surface area (Å²) in [5.41, 5.74) is 1.64. The number of alkyl carbamates (subject to hydrolysis) is 1. The van der Waals surface area contributed by atoms with Crippen LogP contribution in [0.3, 0.4) is 0 Å². The van der Waals surface area contributed by atoms with Crippen LogP contribution in [0.2, 0.25) is 0 Å². The van der Waals surface area contributed by atoms with Crippen LogP contribution in [-0.4, -0.2) is 43.2 Å². The van der Waals surface area contributed by atoms with Crippen molar-refractivity contribution >= 4 is 49.7 Å². The molecule has 3 aromatic rings. The summed E-state index contributed by atoms with van der Waals surface area (Å²) in [5, 5.41) is 15.2. The van der Waals surface area contributed by atoms with Crippen LogP contribution in [0.1, 0.15) is 99.2 Å². The second-order valence-electron chi connectivity index (χ2n) is 14.2. The van der Waals surface area contributed by atoms with Crippen LogP contribution < -0.4 is 10.9 Å². The van der Waals surface area contributed by atoms with Crippen molar-refractivity contribution in [3.8, 4) is 11.4 Å². The Labute approximate surface area is 284 Å². The lowest BCUT2D eigenvalue weighted by molar-refractivity contribution is -0.172. The number of hydrogen-bond donors (Lipinski definition) is 2. The smallest absolute Gasteiger partial charge is 0.407 e. The number of aromatic nitrogens is 2. The Morgan fingerprint density at radius 1 is 1.19 bits per heavy atom. The molecule has 0 unspecified atom stereocenters. The summed E-state index contributed by atoms with van der Waals surface area (Å²) in [6.07, 6.45) is 2.52. The third-order valence-corrected chi connectivity index (χ3v) is 13.3. The second-order valence-corrected chi connectivity index (χ2v) is 16.6. The average Bonchev–Trinajstić information content (AvgIpc) is 3.64. The molecular formula is C35H38FN3O7S2.